The van der Waals surface area contributed by atoms with Crippen LogP contribution >= 0.6 is 23.2 Å². The highest BCUT2D eigenvalue weighted by Gasteiger charge is 2.39. The fourth-order valence-corrected chi connectivity index (χ4v) is 4.93. The number of benzene rings is 1. The third-order valence-electron chi connectivity index (χ3n) is 6.23. The average molecular weight is 495 g/mol. The summed E-state index contributed by atoms with van der Waals surface area (Å²) in [4.78, 5) is 32.5. The summed E-state index contributed by atoms with van der Waals surface area (Å²) in [6, 6.07) is 4.32. The Morgan fingerprint density at radius 2 is 2.03 bits per heavy atom. The van der Waals surface area contributed by atoms with Gasteiger partial charge in [0.15, 0.2) is 0 Å². The Hall–Kier alpha value is -2.06. The Kier molecular flexibility index (Phi) is 8.82. The molecule has 3 rings (SSSR count). The van der Waals surface area contributed by atoms with E-state index in [-0.39, 0.29) is 19.2 Å². The number of nitrogens with zero attached hydrogens (tertiary/aromatic N) is 3. The highest BCUT2D eigenvalue weighted by atomic mass is 35.5. The zero-order chi connectivity index (χ0) is 24.1. The second-order valence-electron chi connectivity index (χ2n) is 8.48. The minimum absolute atomic E-state index is 0.219. The molecule has 1 aromatic rings. The summed E-state index contributed by atoms with van der Waals surface area (Å²) in [7, 11) is 4.16. The summed E-state index contributed by atoms with van der Waals surface area (Å²) in [6.45, 7) is 8.49. The molecule has 0 radical (unpaired) electrons. The Balaban J connectivity index is 2.08. The molecule has 0 bridgehead atoms. The van der Waals surface area contributed by atoms with Crippen molar-refractivity contribution < 1.29 is 14.3 Å². The van der Waals surface area contributed by atoms with Crippen molar-refractivity contribution in [2.24, 2.45) is 0 Å². The van der Waals surface area contributed by atoms with Crippen LogP contribution in [0.1, 0.15) is 31.4 Å². The number of rotatable bonds is 8. The summed E-state index contributed by atoms with van der Waals surface area (Å²) < 4.78 is 5.43. The zero-order valence-corrected chi connectivity index (χ0v) is 21.0. The molecule has 0 saturated carbocycles. The summed E-state index contributed by atoms with van der Waals surface area (Å²) in [5.74, 6) is -0.477. The number of likely N-dealkylation sites (tertiary alicyclic amines) is 1. The number of amides is 2. The van der Waals surface area contributed by atoms with E-state index in [0.717, 1.165) is 25.9 Å². The van der Waals surface area contributed by atoms with Crippen molar-refractivity contribution in [3.63, 3.8) is 0 Å². The molecule has 33 heavy (non-hydrogen) atoms. The van der Waals surface area contributed by atoms with Gasteiger partial charge in [0, 0.05) is 34.9 Å². The fraction of sp³-hybridized carbons (Fsp3) is 0.500. The predicted molar refractivity (Wildman–Crippen MR) is 131 cm³/mol. The van der Waals surface area contributed by atoms with Crippen molar-refractivity contribution in [2.45, 2.75) is 31.8 Å². The van der Waals surface area contributed by atoms with Crippen molar-refractivity contribution in [2.75, 3.05) is 46.9 Å². The lowest BCUT2D eigenvalue weighted by atomic mass is 9.93. The minimum atomic E-state index is -0.747. The van der Waals surface area contributed by atoms with E-state index in [2.05, 4.69) is 28.7 Å². The second kappa shape index (κ2) is 11.4. The van der Waals surface area contributed by atoms with Crippen LogP contribution < -0.4 is 5.32 Å². The van der Waals surface area contributed by atoms with Gasteiger partial charge >= 0.3 is 12.0 Å². The van der Waals surface area contributed by atoms with Gasteiger partial charge in [-0.25, -0.2) is 9.59 Å². The molecule has 1 aromatic carbocycles. The molecule has 2 aliphatic rings. The van der Waals surface area contributed by atoms with Gasteiger partial charge in [-0.05, 0) is 64.6 Å². The summed E-state index contributed by atoms with van der Waals surface area (Å²) >= 11 is 12.6. The Labute approximate surface area is 205 Å². The highest BCUT2D eigenvalue weighted by Crippen LogP contribution is 2.36. The molecule has 2 amide bonds. The zero-order valence-electron chi connectivity index (χ0n) is 19.4. The van der Waals surface area contributed by atoms with Gasteiger partial charge in [-0.1, -0.05) is 35.3 Å². The van der Waals surface area contributed by atoms with E-state index >= 15 is 0 Å². The molecule has 1 N–H and O–H groups in total. The number of carbonyl (C=O) groups excluding carboxylic acids is 2. The Morgan fingerprint density at radius 1 is 1.33 bits per heavy atom. The van der Waals surface area contributed by atoms with Gasteiger partial charge < -0.3 is 15.0 Å². The first-order valence-corrected chi connectivity index (χ1v) is 11.9. The van der Waals surface area contributed by atoms with Gasteiger partial charge in [-0.2, -0.15) is 0 Å². The summed E-state index contributed by atoms with van der Waals surface area (Å²) in [5.41, 5.74) is 1.58. The number of halogens is 2. The van der Waals surface area contributed by atoms with Gasteiger partial charge in [0.25, 0.3) is 0 Å². The van der Waals surface area contributed by atoms with Gasteiger partial charge in [-0.15, -0.1) is 6.58 Å². The minimum Gasteiger partial charge on any atom is -0.463 e. The molecule has 2 heterocycles. The molecule has 0 spiro atoms. The van der Waals surface area contributed by atoms with Crippen LogP contribution in [0.2, 0.25) is 10.0 Å². The van der Waals surface area contributed by atoms with Crippen molar-refractivity contribution >= 4 is 35.2 Å². The number of carbonyl (C=O) groups is 2. The molecule has 9 heteroatoms. The summed E-state index contributed by atoms with van der Waals surface area (Å²) in [6.07, 6.45) is 3.69. The van der Waals surface area contributed by atoms with Crippen LogP contribution in [0, 0.1) is 0 Å². The first-order valence-electron chi connectivity index (χ1n) is 11.2. The molecule has 180 valence electrons. The number of esters is 1. The van der Waals surface area contributed by atoms with Crippen LogP contribution in [-0.4, -0.2) is 79.6 Å². The molecular formula is C24H32Cl2N4O3. The SMILES string of the molecule is C=CCN1C(=O)NC(c2ccc(Cl)cc2Cl)C(C(=O)OCC)=C1CN(C)C1CCN(C)CC1. The third-order valence-corrected chi connectivity index (χ3v) is 6.79. The van der Waals surface area contributed by atoms with Gasteiger partial charge in [0.2, 0.25) is 0 Å². The maximum atomic E-state index is 13.2. The van der Waals surface area contributed by atoms with E-state index in [1.807, 2.05) is 7.05 Å². The van der Waals surface area contributed by atoms with E-state index in [1.165, 1.54) is 0 Å². The third kappa shape index (κ3) is 5.90. The summed E-state index contributed by atoms with van der Waals surface area (Å²) in [5, 5.41) is 3.78. The van der Waals surface area contributed by atoms with Gasteiger partial charge in [0.05, 0.1) is 18.2 Å². The van der Waals surface area contributed by atoms with Crippen LogP contribution in [0.5, 0.6) is 0 Å². The number of ether oxygens (including phenoxy) is 1. The van der Waals surface area contributed by atoms with Gasteiger partial charge in [0.1, 0.15) is 0 Å². The van der Waals surface area contributed by atoms with Crippen LogP contribution in [0.15, 0.2) is 42.1 Å². The van der Waals surface area contributed by atoms with Crippen LogP contribution in [0.4, 0.5) is 4.79 Å². The molecular weight excluding hydrogens is 463 g/mol. The largest absolute Gasteiger partial charge is 0.463 e. The average Bonchev–Trinajstić information content (AvgIpc) is 2.76. The van der Waals surface area contributed by atoms with Crippen LogP contribution in [0.3, 0.4) is 0 Å². The van der Waals surface area contributed by atoms with E-state index in [0.29, 0.717) is 39.5 Å². The first kappa shape index (κ1) is 25.6. The number of piperidine rings is 1. The second-order valence-corrected chi connectivity index (χ2v) is 9.32. The molecule has 0 aliphatic carbocycles. The van der Waals surface area contributed by atoms with Crippen LogP contribution in [0.25, 0.3) is 0 Å². The smallest absolute Gasteiger partial charge is 0.338 e. The van der Waals surface area contributed by atoms with Crippen LogP contribution in [-0.2, 0) is 9.53 Å². The van der Waals surface area contributed by atoms with Crippen molar-refractivity contribution in [3.8, 4) is 0 Å². The molecule has 1 saturated heterocycles. The standard InChI is InChI=1S/C24H32Cl2N4O3/c1-5-11-30-20(15-29(4)17-9-12-28(3)13-10-17)21(23(31)33-6-2)22(27-24(30)32)18-8-7-16(25)14-19(18)26/h5,7-8,14,17,22H,1,6,9-13,15H2,2-4H3,(H,27,32). The van der Waals surface area contributed by atoms with Gasteiger partial charge in [-0.3, -0.25) is 9.80 Å². The van der Waals surface area contributed by atoms with E-state index in [4.69, 9.17) is 27.9 Å². The Morgan fingerprint density at radius 3 is 2.64 bits per heavy atom. The van der Waals surface area contributed by atoms with E-state index in [9.17, 15) is 9.59 Å². The lowest BCUT2D eigenvalue weighted by molar-refractivity contribution is -0.139. The number of nitrogens with one attached hydrogen (secondary N) is 1. The number of urea groups is 1. The molecule has 0 aromatic heterocycles. The van der Waals surface area contributed by atoms with E-state index in [1.54, 1.807) is 36.1 Å². The maximum absolute atomic E-state index is 13.2. The van der Waals surface area contributed by atoms with Crippen molar-refractivity contribution in [3.05, 3.63) is 57.7 Å². The van der Waals surface area contributed by atoms with Crippen molar-refractivity contribution in [1.82, 2.24) is 20.0 Å². The number of likely N-dealkylation sites (N-methyl/N-ethyl adjacent to an activating group) is 1. The Bertz CT molecular complexity index is 928. The lowest BCUT2D eigenvalue weighted by Crippen LogP contribution is -2.52. The number of hydrogen-bond donors (Lipinski definition) is 1. The first-order chi connectivity index (χ1) is 15.8. The monoisotopic (exact) mass is 494 g/mol. The number of hydrogen-bond acceptors (Lipinski definition) is 5. The molecule has 7 nitrogen and oxygen atoms in total. The van der Waals surface area contributed by atoms with Crippen molar-refractivity contribution in [1.29, 1.82) is 0 Å². The van der Waals surface area contributed by atoms with E-state index < -0.39 is 12.0 Å². The molecule has 1 atom stereocenters. The predicted octanol–water partition coefficient (Wildman–Crippen LogP) is 4.09. The normalized spacial score (nSPS) is 20.2. The maximum Gasteiger partial charge on any atom is 0.338 e. The quantitative estimate of drug-likeness (QED) is 0.435. The fourth-order valence-electron chi connectivity index (χ4n) is 4.42. The topological polar surface area (TPSA) is 65.1 Å². The molecule has 1 unspecified atom stereocenters. The molecule has 2 aliphatic heterocycles. The highest BCUT2D eigenvalue weighted by molar-refractivity contribution is 6.35. The lowest BCUT2D eigenvalue weighted by Gasteiger charge is -2.40. The molecule has 1 fully saturated rings.